The van der Waals surface area contributed by atoms with Gasteiger partial charge >= 0.3 is 6.01 Å². The molecule has 4 fully saturated rings. The zero-order valence-electron chi connectivity index (χ0n) is 18.2. The predicted octanol–water partition coefficient (Wildman–Crippen LogP) is 3.57. The molecular formula is C23H29ClFN5O2. The van der Waals surface area contributed by atoms with Crippen molar-refractivity contribution in [3.63, 3.8) is 0 Å². The lowest BCUT2D eigenvalue weighted by Crippen LogP contribution is -2.52. The number of hydrogen-bond acceptors (Lipinski definition) is 7. The molecule has 1 aliphatic carbocycles. The van der Waals surface area contributed by atoms with Crippen LogP contribution >= 0.6 is 11.6 Å². The van der Waals surface area contributed by atoms with Gasteiger partial charge in [0.15, 0.2) is 11.0 Å². The molecule has 5 heterocycles. The van der Waals surface area contributed by atoms with Crippen LogP contribution in [0, 0.1) is 11.2 Å². The van der Waals surface area contributed by atoms with Gasteiger partial charge in [-0.25, -0.2) is 9.37 Å². The summed E-state index contributed by atoms with van der Waals surface area (Å²) in [4.78, 5) is 17.9. The van der Waals surface area contributed by atoms with Crippen LogP contribution in [0.25, 0.3) is 10.9 Å². The lowest BCUT2D eigenvalue weighted by atomic mass is 9.62. The minimum absolute atomic E-state index is 0.0597. The highest BCUT2D eigenvalue weighted by Crippen LogP contribution is 2.49. The van der Waals surface area contributed by atoms with Crippen molar-refractivity contribution in [1.82, 2.24) is 19.9 Å². The maximum atomic E-state index is 15.0. The molecule has 1 N–H and O–H groups in total. The molecule has 0 unspecified atom stereocenters. The van der Waals surface area contributed by atoms with E-state index in [0.29, 0.717) is 17.8 Å². The molecule has 2 aromatic rings. The average Bonchev–Trinajstić information content (AvgIpc) is 3.34. The molecule has 3 aliphatic heterocycles. The summed E-state index contributed by atoms with van der Waals surface area (Å²) in [6.07, 6.45) is 9.69. The quantitative estimate of drug-likeness (QED) is 0.697. The maximum Gasteiger partial charge on any atom is 0.319 e. The van der Waals surface area contributed by atoms with E-state index in [4.69, 9.17) is 21.3 Å². The number of ether oxygens (including phenoxy) is 1. The van der Waals surface area contributed by atoms with Gasteiger partial charge in [-0.2, -0.15) is 9.97 Å². The number of aliphatic hydroxyl groups is 1. The summed E-state index contributed by atoms with van der Waals surface area (Å²) in [6.45, 7) is 4.37. The van der Waals surface area contributed by atoms with Crippen LogP contribution in [0.3, 0.4) is 0 Å². The number of aliphatic hydroxyl groups excluding tert-OH is 1. The number of aromatic nitrogens is 3. The summed E-state index contributed by atoms with van der Waals surface area (Å²) in [5.74, 6) is 0.0192. The van der Waals surface area contributed by atoms with Crippen LogP contribution in [0.15, 0.2) is 6.20 Å². The minimum Gasteiger partial charge on any atom is -0.461 e. The first kappa shape index (κ1) is 20.8. The summed E-state index contributed by atoms with van der Waals surface area (Å²) in [7, 11) is 0. The Morgan fingerprint density at radius 3 is 2.62 bits per heavy atom. The van der Waals surface area contributed by atoms with Crippen LogP contribution in [0.1, 0.15) is 51.4 Å². The monoisotopic (exact) mass is 461 g/mol. The minimum atomic E-state index is -0.634. The topological polar surface area (TPSA) is 74.6 Å². The van der Waals surface area contributed by atoms with Crippen molar-refractivity contribution in [2.75, 3.05) is 37.7 Å². The van der Waals surface area contributed by atoms with E-state index in [1.807, 2.05) is 0 Å². The van der Waals surface area contributed by atoms with Crippen molar-refractivity contribution in [2.24, 2.45) is 5.41 Å². The largest absolute Gasteiger partial charge is 0.461 e. The van der Waals surface area contributed by atoms with E-state index in [2.05, 4.69) is 19.8 Å². The van der Waals surface area contributed by atoms with Crippen LogP contribution in [-0.2, 0) is 0 Å². The fraction of sp³-hybridized carbons (Fsp3) is 0.696. The highest BCUT2D eigenvalue weighted by atomic mass is 35.5. The molecule has 4 aliphatic rings. The van der Waals surface area contributed by atoms with E-state index in [1.54, 1.807) is 6.20 Å². The van der Waals surface area contributed by atoms with Crippen LogP contribution in [-0.4, -0.2) is 69.4 Å². The fourth-order valence-electron chi connectivity index (χ4n) is 6.63. The molecule has 7 nitrogen and oxygen atoms in total. The Morgan fingerprint density at radius 2 is 1.88 bits per heavy atom. The summed E-state index contributed by atoms with van der Waals surface area (Å²) < 4.78 is 21.1. The lowest BCUT2D eigenvalue weighted by Gasteiger charge is -2.51. The van der Waals surface area contributed by atoms with Gasteiger partial charge in [-0.1, -0.05) is 11.6 Å². The smallest absolute Gasteiger partial charge is 0.319 e. The molecule has 1 spiro atoms. The van der Waals surface area contributed by atoms with Crippen molar-refractivity contribution in [2.45, 2.75) is 63.0 Å². The second kappa shape index (κ2) is 7.64. The predicted molar refractivity (Wildman–Crippen MR) is 120 cm³/mol. The second-order valence-corrected chi connectivity index (χ2v) is 10.6. The number of piperidine rings is 1. The van der Waals surface area contributed by atoms with E-state index in [-0.39, 0.29) is 33.7 Å². The first-order valence-corrected chi connectivity index (χ1v) is 12.2. The lowest BCUT2D eigenvalue weighted by molar-refractivity contribution is -0.0396. The third-order valence-electron chi connectivity index (χ3n) is 8.18. The average molecular weight is 462 g/mol. The van der Waals surface area contributed by atoms with Crippen molar-refractivity contribution in [3.8, 4) is 6.01 Å². The molecular weight excluding hydrogens is 433 g/mol. The number of hydrogen-bond donors (Lipinski definition) is 1. The van der Waals surface area contributed by atoms with Crippen molar-refractivity contribution < 1.29 is 14.2 Å². The van der Waals surface area contributed by atoms with Gasteiger partial charge in [0.1, 0.15) is 17.9 Å². The molecule has 0 bridgehead atoms. The number of pyridine rings is 1. The van der Waals surface area contributed by atoms with Gasteiger partial charge in [0, 0.05) is 19.3 Å². The van der Waals surface area contributed by atoms with E-state index in [0.717, 1.165) is 64.7 Å². The standard InChI is InChI=1S/C23H29ClFN5O2/c24-19-17(25)18-16(12-26-19)20(29-7-1-4-22(13-29)10-15(31)11-22)28-21(27-18)32-14-23-5-2-8-30(23)9-3-6-23/h12,15,31H,1-11,13-14H2. The van der Waals surface area contributed by atoms with E-state index in [1.165, 1.54) is 12.8 Å². The Bertz CT molecular complexity index is 1030. The molecule has 3 saturated heterocycles. The van der Waals surface area contributed by atoms with Crippen LogP contribution in [0.4, 0.5) is 10.2 Å². The molecule has 0 amide bonds. The summed E-state index contributed by atoms with van der Waals surface area (Å²) in [5.41, 5.74) is 0.330. The molecule has 32 heavy (non-hydrogen) atoms. The van der Waals surface area contributed by atoms with E-state index >= 15 is 0 Å². The number of nitrogens with zero attached hydrogens (tertiary/aromatic N) is 5. The third kappa shape index (κ3) is 3.33. The van der Waals surface area contributed by atoms with Gasteiger partial charge < -0.3 is 14.7 Å². The molecule has 172 valence electrons. The number of fused-ring (bicyclic) bond motifs is 2. The number of halogens is 2. The molecule has 0 atom stereocenters. The molecule has 0 aromatic carbocycles. The van der Waals surface area contributed by atoms with Gasteiger partial charge in [0.2, 0.25) is 0 Å². The zero-order valence-corrected chi connectivity index (χ0v) is 19.0. The van der Waals surface area contributed by atoms with Crippen molar-refractivity contribution in [1.29, 1.82) is 0 Å². The van der Waals surface area contributed by atoms with Gasteiger partial charge in [0.05, 0.1) is 17.0 Å². The molecule has 2 aromatic heterocycles. The SMILES string of the molecule is OC1CC2(CCCN(c3nc(OCC45CCCN4CCC5)nc4c(F)c(Cl)ncc34)C2)C1. The van der Waals surface area contributed by atoms with Crippen LogP contribution in [0.2, 0.25) is 5.15 Å². The summed E-state index contributed by atoms with van der Waals surface area (Å²) in [5, 5.41) is 10.3. The Kier molecular flexibility index (Phi) is 4.97. The van der Waals surface area contributed by atoms with Crippen molar-refractivity contribution >= 4 is 28.3 Å². The number of anilines is 1. The Morgan fingerprint density at radius 1 is 1.12 bits per heavy atom. The fourth-order valence-corrected chi connectivity index (χ4v) is 6.76. The normalized spacial score (nSPS) is 29.5. The van der Waals surface area contributed by atoms with Gasteiger partial charge in [0.25, 0.3) is 0 Å². The zero-order chi connectivity index (χ0) is 21.9. The maximum absolute atomic E-state index is 15.0. The molecule has 0 radical (unpaired) electrons. The summed E-state index contributed by atoms with van der Waals surface area (Å²) in [6, 6.07) is 0.204. The van der Waals surface area contributed by atoms with Crippen molar-refractivity contribution in [3.05, 3.63) is 17.2 Å². The highest BCUT2D eigenvalue weighted by molar-refractivity contribution is 6.30. The van der Waals surface area contributed by atoms with Gasteiger partial charge in [-0.05, 0) is 69.9 Å². The Balaban J connectivity index is 1.35. The van der Waals surface area contributed by atoms with Gasteiger partial charge in [-0.15, -0.1) is 0 Å². The Hall–Kier alpha value is -1.77. The number of rotatable bonds is 4. The molecule has 9 heteroatoms. The third-order valence-corrected chi connectivity index (χ3v) is 8.44. The van der Waals surface area contributed by atoms with Crippen LogP contribution in [0.5, 0.6) is 6.01 Å². The molecule has 6 rings (SSSR count). The van der Waals surface area contributed by atoms with E-state index in [9.17, 15) is 9.50 Å². The first-order valence-electron chi connectivity index (χ1n) is 11.8. The Labute approximate surface area is 191 Å². The highest BCUT2D eigenvalue weighted by Gasteiger charge is 2.47. The van der Waals surface area contributed by atoms with Gasteiger partial charge in [-0.3, -0.25) is 4.90 Å². The summed E-state index contributed by atoms with van der Waals surface area (Å²) >= 11 is 5.99. The van der Waals surface area contributed by atoms with Crippen LogP contribution < -0.4 is 9.64 Å². The second-order valence-electron chi connectivity index (χ2n) is 10.2. The molecule has 1 saturated carbocycles. The first-order chi connectivity index (χ1) is 15.5. The van der Waals surface area contributed by atoms with E-state index < -0.39 is 5.82 Å².